The average molecular weight is 276 g/mol. The summed E-state index contributed by atoms with van der Waals surface area (Å²) in [6.07, 6.45) is 0. The van der Waals surface area contributed by atoms with Crippen LogP contribution >= 0.6 is 0 Å². The van der Waals surface area contributed by atoms with Gasteiger partial charge < -0.3 is 10.1 Å². The number of rotatable bonds is 5. The van der Waals surface area contributed by atoms with Crippen LogP contribution in [-0.4, -0.2) is 12.0 Å². The van der Waals surface area contributed by atoms with Gasteiger partial charge in [0.2, 0.25) is 0 Å². The monoisotopic (exact) mass is 276 g/mol. The Kier molecular flexibility index (Phi) is 4.14. The molecule has 2 rings (SSSR count). The summed E-state index contributed by atoms with van der Waals surface area (Å²) in [4.78, 5) is 10.3. The second kappa shape index (κ2) is 6.01. The van der Waals surface area contributed by atoms with Crippen LogP contribution < -0.4 is 10.1 Å². The van der Waals surface area contributed by atoms with Gasteiger partial charge in [-0.3, -0.25) is 10.1 Å². The van der Waals surface area contributed by atoms with Gasteiger partial charge in [0.1, 0.15) is 11.6 Å². The number of anilines is 1. The van der Waals surface area contributed by atoms with Crippen molar-refractivity contribution >= 4 is 11.4 Å². The van der Waals surface area contributed by atoms with Crippen molar-refractivity contribution in [3.63, 3.8) is 0 Å². The lowest BCUT2D eigenvalue weighted by Crippen LogP contribution is -2.02. The Morgan fingerprint density at radius 2 is 2.05 bits per heavy atom. The summed E-state index contributed by atoms with van der Waals surface area (Å²) >= 11 is 0. The van der Waals surface area contributed by atoms with E-state index < -0.39 is 4.92 Å². The number of nitro benzene ring substituents is 1. The highest BCUT2D eigenvalue weighted by molar-refractivity contribution is 5.56. The zero-order chi connectivity index (χ0) is 14.5. The SMILES string of the molecule is COc1cc(NCc2ccccc2F)cc([N+](=O)[O-])c1. The molecule has 0 atom stereocenters. The van der Waals surface area contributed by atoms with E-state index >= 15 is 0 Å². The van der Waals surface area contributed by atoms with Crippen molar-refractivity contribution in [2.45, 2.75) is 6.54 Å². The van der Waals surface area contributed by atoms with E-state index in [2.05, 4.69) is 5.32 Å². The van der Waals surface area contributed by atoms with Crippen LogP contribution in [0, 0.1) is 15.9 Å². The first-order chi connectivity index (χ1) is 9.60. The van der Waals surface area contributed by atoms with Crippen LogP contribution in [0.15, 0.2) is 42.5 Å². The van der Waals surface area contributed by atoms with Crippen LogP contribution in [0.3, 0.4) is 0 Å². The van der Waals surface area contributed by atoms with Crippen molar-refractivity contribution in [2.24, 2.45) is 0 Å². The molecule has 0 heterocycles. The Balaban J connectivity index is 2.19. The second-order valence-corrected chi connectivity index (χ2v) is 4.12. The fourth-order valence-corrected chi connectivity index (χ4v) is 1.75. The molecule has 0 aliphatic rings. The molecule has 2 aromatic carbocycles. The molecule has 0 unspecified atom stereocenters. The van der Waals surface area contributed by atoms with E-state index in [1.807, 2.05) is 0 Å². The lowest BCUT2D eigenvalue weighted by molar-refractivity contribution is -0.384. The quantitative estimate of drug-likeness (QED) is 0.671. The molecular formula is C14H13FN2O3. The highest BCUT2D eigenvalue weighted by Crippen LogP contribution is 2.26. The molecule has 0 saturated carbocycles. The number of hydrogen-bond donors (Lipinski definition) is 1. The average Bonchev–Trinajstić information content (AvgIpc) is 2.46. The highest BCUT2D eigenvalue weighted by atomic mass is 19.1. The molecule has 2 aromatic rings. The fraction of sp³-hybridized carbons (Fsp3) is 0.143. The molecule has 0 aliphatic carbocycles. The zero-order valence-electron chi connectivity index (χ0n) is 10.8. The van der Waals surface area contributed by atoms with Crippen molar-refractivity contribution in [3.05, 3.63) is 64.0 Å². The molecule has 5 nitrogen and oxygen atoms in total. The molecule has 0 bridgehead atoms. The van der Waals surface area contributed by atoms with Crippen molar-refractivity contribution in [1.82, 2.24) is 0 Å². The van der Waals surface area contributed by atoms with E-state index in [1.54, 1.807) is 24.3 Å². The molecule has 0 fully saturated rings. The van der Waals surface area contributed by atoms with Gasteiger partial charge in [0, 0.05) is 29.9 Å². The third-order valence-corrected chi connectivity index (χ3v) is 2.78. The Hall–Kier alpha value is -2.63. The van der Waals surface area contributed by atoms with E-state index in [0.717, 1.165) is 0 Å². The van der Waals surface area contributed by atoms with Crippen molar-refractivity contribution in [1.29, 1.82) is 0 Å². The lowest BCUT2D eigenvalue weighted by Gasteiger charge is -2.09. The lowest BCUT2D eigenvalue weighted by atomic mass is 10.2. The van der Waals surface area contributed by atoms with Crippen molar-refractivity contribution in [3.8, 4) is 5.75 Å². The molecule has 104 valence electrons. The number of nitrogens with zero attached hydrogens (tertiary/aromatic N) is 1. The van der Waals surface area contributed by atoms with Gasteiger partial charge in [-0.25, -0.2) is 4.39 Å². The third-order valence-electron chi connectivity index (χ3n) is 2.78. The van der Waals surface area contributed by atoms with Gasteiger partial charge in [-0.2, -0.15) is 0 Å². The number of methoxy groups -OCH3 is 1. The summed E-state index contributed by atoms with van der Waals surface area (Å²) in [5, 5.41) is 13.8. The Morgan fingerprint density at radius 3 is 2.70 bits per heavy atom. The number of ether oxygens (including phenoxy) is 1. The van der Waals surface area contributed by atoms with Gasteiger partial charge in [0.25, 0.3) is 5.69 Å². The standard InChI is InChI=1S/C14H13FN2O3/c1-20-13-7-11(6-12(8-13)17(18)19)16-9-10-4-2-3-5-14(10)15/h2-8,16H,9H2,1H3. The van der Waals surface area contributed by atoms with Gasteiger partial charge in [-0.1, -0.05) is 18.2 Å². The Morgan fingerprint density at radius 1 is 1.30 bits per heavy atom. The van der Waals surface area contributed by atoms with Crippen LogP contribution in [0.2, 0.25) is 0 Å². The maximum Gasteiger partial charge on any atom is 0.275 e. The molecule has 1 N–H and O–H groups in total. The number of nitrogens with one attached hydrogen (secondary N) is 1. The highest BCUT2D eigenvalue weighted by Gasteiger charge is 2.10. The predicted octanol–water partition coefficient (Wildman–Crippen LogP) is 3.35. The van der Waals surface area contributed by atoms with Gasteiger partial charge >= 0.3 is 0 Å². The van der Waals surface area contributed by atoms with Gasteiger partial charge in [0.15, 0.2) is 0 Å². The largest absolute Gasteiger partial charge is 0.496 e. The normalized spacial score (nSPS) is 10.1. The smallest absolute Gasteiger partial charge is 0.275 e. The molecule has 0 saturated heterocycles. The number of hydrogen-bond acceptors (Lipinski definition) is 4. The van der Waals surface area contributed by atoms with Crippen molar-refractivity contribution < 1.29 is 14.1 Å². The van der Waals surface area contributed by atoms with E-state index in [4.69, 9.17) is 4.74 Å². The zero-order valence-corrected chi connectivity index (χ0v) is 10.8. The summed E-state index contributed by atoms with van der Waals surface area (Å²) in [6.45, 7) is 0.233. The molecule has 20 heavy (non-hydrogen) atoms. The number of non-ortho nitro benzene ring substituents is 1. The number of halogens is 1. The molecular weight excluding hydrogens is 263 g/mol. The molecule has 6 heteroatoms. The molecule has 0 radical (unpaired) electrons. The van der Waals surface area contributed by atoms with Crippen molar-refractivity contribution in [2.75, 3.05) is 12.4 Å². The van der Waals surface area contributed by atoms with E-state index in [-0.39, 0.29) is 18.0 Å². The summed E-state index contributed by atoms with van der Waals surface area (Å²) in [7, 11) is 1.43. The van der Waals surface area contributed by atoms with E-state index in [0.29, 0.717) is 17.0 Å². The summed E-state index contributed by atoms with van der Waals surface area (Å²) in [5.41, 5.74) is 0.901. The molecule has 0 amide bonds. The third kappa shape index (κ3) is 3.23. The summed E-state index contributed by atoms with van der Waals surface area (Å²) in [5.74, 6) is 0.0487. The minimum Gasteiger partial charge on any atom is -0.496 e. The number of nitro groups is 1. The fourth-order valence-electron chi connectivity index (χ4n) is 1.75. The first kappa shape index (κ1) is 13.8. The van der Waals surface area contributed by atoms with Gasteiger partial charge in [-0.15, -0.1) is 0 Å². The summed E-state index contributed by atoms with van der Waals surface area (Å²) in [6, 6.07) is 10.7. The predicted molar refractivity (Wildman–Crippen MR) is 73.4 cm³/mol. The van der Waals surface area contributed by atoms with Gasteiger partial charge in [0.05, 0.1) is 18.1 Å². The minimum absolute atomic E-state index is 0.0830. The summed E-state index contributed by atoms with van der Waals surface area (Å²) < 4.78 is 18.5. The van der Waals surface area contributed by atoms with E-state index in [9.17, 15) is 14.5 Å². The maximum absolute atomic E-state index is 13.5. The minimum atomic E-state index is -0.503. The van der Waals surface area contributed by atoms with Crippen LogP contribution in [0.25, 0.3) is 0 Å². The maximum atomic E-state index is 13.5. The van der Waals surface area contributed by atoms with E-state index in [1.165, 1.54) is 25.3 Å². The Labute approximate surface area is 115 Å². The van der Waals surface area contributed by atoms with Crippen LogP contribution in [0.4, 0.5) is 15.8 Å². The number of benzene rings is 2. The molecule has 0 spiro atoms. The van der Waals surface area contributed by atoms with Gasteiger partial charge in [-0.05, 0) is 6.07 Å². The van der Waals surface area contributed by atoms with Crippen LogP contribution in [0.5, 0.6) is 5.75 Å². The molecule has 0 aromatic heterocycles. The Bertz CT molecular complexity index is 632. The molecule has 0 aliphatic heterocycles. The first-order valence-corrected chi connectivity index (χ1v) is 5.91. The topological polar surface area (TPSA) is 64.4 Å². The van der Waals surface area contributed by atoms with Crippen LogP contribution in [0.1, 0.15) is 5.56 Å². The van der Waals surface area contributed by atoms with Crippen LogP contribution in [-0.2, 0) is 6.54 Å². The second-order valence-electron chi connectivity index (χ2n) is 4.12. The first-order valence-electron chi connectivity index (χ1n) is 5.91.